The molecule has 9 nitrogen and oxygen atoms in total. The van der Waals surface area contributed by atoms with E-state index >= 15 is 0 Å². The van der Waals surface area contributed by atoms with E-state index in [0.717, 1.165) is 32.1 Å². The maximum absolute atomic E-state index is 12.7. The smallest absolute Gasteiger partial charge is 0.246 e. The third kappa shape index (κ3) is 22.7. The highest BCUT2D eigenvalue weighted by Crippen LogP contribution is 2.05. The number of hydrogen-bond acceptors (Lipinski definition) is 6. The Balaban J connectivity index is 4.43. The van der Waals surface area contributed by atoms with Crippen molar-refractivity contribution >= 4 is 17.7 Å². The monoisotopic (exact) mass is 515 g/mol. The molecule has 0 radical (unpaired) electrons. The van der Waals surface area contributed by atoms with Crippen LogP contribution < -0.4 is 16.0 Å². The second-order valence-corrected chi connectivity index (χ2v) is 9.16. The number of carbonyl (C=O) groups is 3. The first kappa shape index (κ1) is 34.3. The largest absolute Gasteiger partial charge is 0.382 e. The van der Waals surface area contributed by atoms with Crippen LogP contribution >= 0.6 is 0 Å². The standard InChI is InChI=1S/C27H53N3O6/c1-4-6-8-10-12-14-16-28-25(31)22-24(27(33)29-17-15-13-11-9-7-5-2)30-26(32)23-36-21-20-35-19-18-34-3/h24H,4-23H2,1-3H3,(H,28,31)(H,29,33)(H,30,32)/t24-/m0/s1. The molecule has 0 bridgehead atoms. The number of rotatable bonds is 26. The highest BCUT2D eigenvalue weighted by molar-refractivity contribution is 5.92. The lowest BCUT2D eigenvalue weighted by atomic mass is 10.1. The Bertz CT molecular complexity index is 516. The second-order valence-electron chi connectivity index (χ2n) is 9.16. The summed E-state index contributed by atoms with van der Waals surface area (Å²) in [6.45, 7) is 6.84. The van der Waals surface area contributed by atoms with Crippen molar-refractivity contribution in [1.82, 2.24) is 16.0 Å². The van der Waals surface area contributed by atoms with E-state index in [1.165, 1.54) is 44.9 Å². The van der Waals surface area contributed by atoms with Crippen molar-refractivity contribution in [2.24, 2.45) is 0 Å². The van der Waals surface area contributed by atoms with E-state index in [0.29, 0.717) is 32.9 Å². The first-order valence-electron chi connectivity index (χ1n) is 14.0. The highest BCUT2D eigenvalue weighted by atomic mass is 16.5. The van der Waals surface area contributed by atoms with Gasteiger partial charge in [-0.05, 0) is 12.8 Å². The molecule has 0 unspecified atom stereocenters. The van der Waals surface area contributed by atoms with Crippen LogP contribution in [0.2, 0.25) is 0 Å². The molecule has 0 saturated carbocycles. The number of methoxy groups -OCH3 is 1. The van der Waals surface area contributed by atoms with Gasteiger partial charge in [-0.25, -0.2) is 0 Å². The highest BCUT2D eigenvalue weighted by Gasteiger charge is 2.23. The van der Waals surface area contributed by atoms with E-state index in [1.54, 1.807) is 7.11 Å². The molecule has 0 aromatic rings. The van der Waals surface area contributed by atoms with Gasteiger partial charge in [-0.2, -0.15) is 0 Å². The minimum absolute atomic E-state index is 0.0932. The summed E-state index contributed by atoms with van der Waals surface area (Å²) in [4.78, 5) is 37.5. The molecule has 212 valence electrons. The maximum Gasteiger partial charge on any atom is 0.246 e. The first-order chi connectivity index (χ1) is 17.5. The Labute approximate surface area is 219 Å². The van der Waals surface area contributed by atoms with Crippen LogP contribution in [-0.4, -0.2) is 77.0 Å². The first-order valence-corrected chi connectivity index (χ1v) is 14.0. The van der Waals surface area contributed by atoms with Crippen LogP contribution in [-0.2, 0) is 28.6 Å². The molecule has 0 aromatic carbocycles. The molecule has 9 heteroatoms. The average molecular weight is 516 g/mol. The molecule has 0 aromatic heterocycles. The van der Waals surface area contributed by atoms with Crippen LogP contribution in [0.1, 0.15) is 97.3 Å². The predicted octanol–water partition coefficient (Wildman–Crippen LogP) is 3.49. The minimum Gasteiger partial charge on any atom is -0.382 e. The van der Waals surface area contributed by atoms with Gasteiger partial charge < -0.3 is 30.2 Å². The summed E-state index contributed by atoms with van der Waals surface area (Å²) in [6, 6.07) is -0.927. The SMILES string of the molecule is CCCCCCCCNC(=O)C[C@H](NC(=O)COCCOCCOC)C(=O)NCCCCCCCC. The zero-order chi connectivity index (χ0) is 26.7. The van der Waals surface area contributed by atoms with Crippen LogP contribution in [0.3, 0.4) is 0 Å². The van der Waals surface area contributed by atoms with Gasteiger partial charge >= 0.3 is 0 Å². The Morgan fingerprint density at radius 3 is 1.78 bits per heavy atom. The van der Waals surface area contributed by atoms with Gasteiger partial charge in [0.25, 0.3) is 0 Å². The molecule has 3 amide bonds. The van der Waals surface area contributed by atoms with Gasteiger partial charge in [0, 0.05) is 20.2 Å². The quantitative estimate of drug-likeness (QED) is 0.152. The Hall–Kier alpha value is -1.71. The summed E-state index contributed by atoms with van der Waals surface area (Å²) in [6.07, 6.45) is 13.5. The van der Waals surface area contributed by atoms with Gasteiger partial charge in [0.1, 0.15) is 12.6 Å². The van der Waals surface area contributed by atoms with Gasteiger partial charge in [0.05, 0.1) is 32.8 Å². The number of hydrogen-bond donors (Lipinski definition) is 3. The molecular weight excluding hydrogens is 462 g/mol. The molecule has 0 fully saturated rings. The van der Waals surface area contributed by atoms with E-state index in [4.69, 9.17) is 14.2 Å². The van der Waals surface area contributed by atoms with Gasteiger partial charge in [-0.3, -0.25) is 14.4 Å². The summed E-state index contributed by atoms with van der Waals surface area (Å²) in [5.74, 6) is -1.01. The second kappa shape index (κ2) is 26.4. The molecule has 0 saturated heterocycles. The minimum atomic E-state index is -0.927. The Kier molecular flexibility index (Phi) is 25.1. The summed E-state index contributed by atoms with van der Waals surface area (Å²) >= 11 is 0. The van der Waals surface area contributed by atoms with Gasteiger partial charge in [0.2, 0.25) is 17.7 Å². The number of amides is 3. The predicted molar refractivity (Wildman–Crippen MR) is 143 cm³/mol. The van der Waals surface area contributed by atoms with E-state index in [-0.39, 0.29) is 31.4 Å². The summed E-state index contributed by atoms with van der Waals surface area (Å²) < 4.78 is 15.5. The normalized spacial score (nSPS) is 11.8. The fraction of sp³-hybridized carbons (Fsp3) is 0.889. The van der Waals surface area contributed by atoms with Gasteiger partial charge in [0.15, 0.2) is 0 Å². The Morgan fingerprint density at radius 2 is 1.17 bits per heavy atom. The van der Waals surface area contributed by atoms with Crippen molar-refractivity contribution in [1.29, 1.82) is 0 Å². The lowest BCUT2D eigenvalue weighted by Gasteiger charge is -2.18. The van der Waals surface area contributed by atoms with Crippen molar-refractivity contribution in [2.75, 3.05) is 53.2 Å². The van der Waals surface area contributed by atoms with E-state index in [2.05, 4.69) is 29.8 Å². The number of nitrogens with one attached hydrogen (secondary N) is 3. The van der Waals surface area contributed by atoms with E-state index in [9.17, 15) is 14.4 Å². The zero-order valence-corrected chi connectivity index (χ0v) is 23.2. The molecule has 3 N–H and O–H groups in total. The number of unbranched alkanes of at least 4 members (excludes halogenated alkanes) is 10. The molecule has 0 rings (SSSR count). The fourth-order valence-corrected chi connectivity index (χ4v) is 3.60. The van der Waals surface area contributed by atoms with Crippen molar-refractivity contribution < 1.29 is 28.6 Å². The Morgan fingerprint density at radius 1 is 0.639 bits per heavy atom. The summed E-state index contributed by atoms with van der Waals surface area (Å²) in [5.41, 5.74) is 0. The van der Waals surface area contributed by atoms with Crippen LogP contribution in [0.15, 0.2) is 0 Å². The van der Waals surface area contributed by atoms with Crippen molar-refractivity contribution in [3.8, 4) is 0 Å². The lowest BCUT2D eigenvalue weighted by Crippen LogP contribution is -2.50. The third-order valence-corrected chi connectivity index (χ3v) is 5.76. The van der Waals surface area contributed by atoms with Crippen LogP contribution in [0.25, 0.3) is 0 Å². The molecule has 0 heterocycles. The van der Waals surface area contributed by atoms with Crippen LogP contribution in [0, 0.1) is 0 Å². The molecule has 1 atom stereocenters. The maximum atomic E-state index is 12.7. The molecule has 0 aliphatic heterocycles. The summed E-state index contributed by atoms with van der Waals surface area (Å²) in [7, 11) is 1.60. The summed E-state index contributed by atoms with van der Waals surface area (Å²) in [5, 5.41) is 8.40. The van der Waals surface area contributed by atoms with Crippen molar-refractivity contribution in [3.05, 3.63) is 0 Å². The van der Waals surface area contributed by atoms with Crippen LogP contribution in [0.5, 0.6) is 0 Å². The van der Waals surface area contributed by atoms with Gasteiger partial charge in [-0.15, -0.1) is 0 Å². The zero-order valence-electron chi connectivity index (χ0n) is 23.2. The molecule has 36 heavy (non-hydrogen) atoms. The van der Waals surface area contributed by atoms with Crippen LogP contribution in [0.4, 0.5) is 0 Å². The van der Waals surface area contributed by atoms with Crippen molar-refractivity contribution in [3.63, 3.8) is 0 Å². The average Bonchev–Trinajstić information content (AvgIpc) is 2.86. The molecular formula is C27H53N3O6. The molecule has 0 spiro atoms. The topological polar surface area (TPSA) is 115 Å². The lowest BCUT2D eigenvalue weighted by molar-refractivity contribution is -0.133. The van der Waals surface area contributed by atoms with Crippen molar-refractivity contribution in [2.45, 2.75) is 103 Å². The van der Waals surface area contributed by atoms with E-state index < -0.39 is 11.9 Å². The molecule has 0 aliphatic rings. The van der Waals surface area contributed by atoms with Gasteiger partial charge in [-0.1, -0.05) is 78.1 Å². The molecule has 0 aliphatic carbocycles. The number of carbonyl (C=O) groups excluding carboxylic acids is 3. The fourth-order valence-electron chi connectivity index (χ4n) is 3.60. The third-order valence-electron chi connectivity index (χ3n) is 5.76. The number of ether oxygens (including phenoxy) is 3. The van der Waals surface area contributed by atoms with E-state index in [1.807, 2.05) is 0 Å².